The SMILES string of the molecule is CC(=O)CSc1nnc(-c2ccc(C#N)cc2)o1. The number of ketones is 1. The Morgan fingerprint density at radius 3 is 2.72 bits per heavy atom. The largest absolute Gasteiger partial charge is 0.411 e. The smallest absolute Gasteiger partial charge is 0.277 e. The zero-order valence-corrected chi connectivity index (χ0v) is 10.4. The van der Waals surface area contributed by atoms with E-state index in [0.29, 0.717) is 22.4 Å². The van der Waals surface area contributed by atoms with Crippen molar-refractivity contribution in [2.45, 2.75) is 12.1 Å². The number of Topliss-reactive ketones (excluding diaryl/α,β-unsaturated/α-hetero) is 1. The lowest BCUT2D eigenvalue weighted by molar-refractivity contribution is -0.114. The molecule has 0 unspecified atom stereocenters. The number of hydrogen-bond donors (Lipinski definition) is 0. The van der Waals surface area contributed by atoms with Gasteiger partial charge in [0.2, 0.25) is 5.89 Å². The van der Waals surface area contributed by atoms with Crippen molar-refractivity contribution >= 4 is 17.5 Å². The number of carbonyl (C=O) groups excluding carboxylic acids is 1. The van der Waals surface area contributed by atoms with Crippen molar-refractivity contribution < 1.29 is 9.21 Å². The number of thioether (sulfide) groups is 1. The number of nitrogens with zero attached hydrogens (tertiary/aromatic N) is 3. The van der Waals surface area contributed by atoms with Gasteiger partial charge in [-0.05, 0) is 31.2 Å². The molecule has 0 aliphatic rings. The Hall–Kier alpha value is -2.13. The standard InChI is InChI=1S/C12H9N3O2S/c1-8(16)7-18-12-15-14-11(17-12)10-4-2-9(6-13)3-5-10/h2-5H,7H2,1H3. The second-order valence-electron chi connectivity index (χ2n) is 3.55. The molecule has 0 radical (unpaired) electrons. The van der Waals surface area contributed by atoms with Crippen molar-refractivity contribution in [3.63, 3.8) is 0 Å². The highest BCUT2D eigenvalue weighted by atomic mass is 32.2. The Morgan fingerprint density at radius 2 is 2.11 bits per heavy atom. The van der Waals surface area contributed by atoms with Gasteiger partial charge in [0.25, 0.3) is 5.22 Å². The molecule has 0 fully saturated rings. The molecule has 0 atom stereocenters. The molecule has 1 heterocycles. The molecular weight excluding hydrogens is 250 g/mol. The van der Waals surface area contributed by atoms with E-state index in [-0.39, 0.29) is 5.78 Å². The maximum atomic E-state index is 10.8. The van der Waals surface area contributed by atoms with Gasteiger partial charge in [0.1, 0.15) is 5.78 Å². The fourth-order valence-electron chi connectivity index (χ4n) is 1.24. The van der Waals surface area contributed by atoms with Crippen molar-refractivity contribution in [3.05, 3.63) is 29.8 Å². The lowest BCUT2D eigenvalue weighted by atomic mass is 10.1. The van der Waals surface area contributed by atoms with E-state index in [4.69, 9.17) is 9.68 Å². The Labute approximate surface area is 108 Å². The van der Waals surface area contributed by atoms with Crippen molar-refractivity contribution in [1.82, 2.24) is 10.2 Å². The zero-order valence-electron chi connectivity index (χ0n) is 9.58. The number of benzene rings is 1. The molecule has 0 saturated heterocycles. The fourth-order valence-corrected chi connectivity index (χ4v) is 1.80. The Morgan fingerprint density at radius 1 is 1.39 bits per heavy atom. The molecule has 0 aliphatic heterocycles. The summed E-state index contributed by atoms with van der Waals surface area (Å²) in [6.45, 7) is 1.50. The van der Waals surface area contributed by atoms with Gasteiger partial charge < -0.3 is 4.42 Å². The number of aromatic nitrogens is 2. The van der Waals surface area contributed by atoms with Crippen molar-refractivity contribution in [1.29, 1.82) is 5.26 Å². The molecule has 2 rings (SSSR count). The van der Waals surface area contributed by atoms with Crippen LogP contribution in [0.5, 0.6) is 0 Å². The first-order chi connectivity index (χ1) is 8.69. The molecule has 0 amide bonds. The molecule has 0 saturated carbocycles. The lowest BCUT2D eigenvalue weighted by Gasteiger charge is -1.94. The number of carbonyl (C=O) groups is 1. The van der Waals surface area contributed by atoms with Crippen LogP contribution in [0, 0.1) is 11.3 Å². The summed E-state index contributed by atoms with van der Waals surface area (Å²) in [5.74, 6) is 0.748. The van der Waals surface area contributed by atoms with E-state index in [0.717, 1.165) is 5.56 Å². The van der Waals surface area contributed by atoms with Gasteiger partial charge in [0, 0.05) is 5.56 Å². The first kappa shape index (κ1) is 12.3. The Balaban J connectivity index is 2.13. The lowest BCUT2D eigenvalue weighted by Crippen LogP contribution is -1.92. The summed E-state index contributed by atoms with van der Waals surface area (Å²) in [4.78, 5) is 10.8. The maximum Gasteiger partial charge on any atom is 0.277 e. The summed E-state index contributed by atoms with van der Waals surface area (Å²) in [5.41, 5.74) is 1.32. The Bertz CT molecular complexity index is 599. The van der Waals surface area contributed by atoms with E-state index in [2.05, 4.69) is 10.2 Å². The number of hydrogen-bond acceptors (Lipinski definition) is 6. The topological polar surface area (TPSA) is 79.8 Å². The van der Waals surface area contributed by atoms with E-state index in [9.17, 15) is 4.79 Å². The van der Waals surface area contributed by atoms with Crippen molar-refractivity contribution in [2.24, 2.45) is 0 Å². The van der Waals surface area contributed by atoms with Crippen LogP contribution >= 0.6 is 11.8 Å². The van der Waals surface area contributed by atoms with Crippen LogP contribution < -0.4 is 0 Å². The van der Waals surface area contributed by atoms with Gasteiger partial charge in [-0.3, -0.25) is 4.79 Å². The monoisotopic (exact) mass is 259 g/mol. The predicted octanol–water partition coefficient (Wildman–Crippen LogP) is 2.29. The summed E-state index contributed by atoms with van der Waals surface area (Å²) in [6.07, 6.45) is 0. The molecule has 90 valence electrons. The summed E-state index contributed by atoms with van der Waals surface area (Å²) < 4.78 is 5.40. The average Bonchev–Trinajstić information content (AvgIpc) is 2.85. The van der Waals surface area contributed by atoms with E-state index >= 15 is 0 Å². The first-order valence-corrected chi connectivity index (χ1v) is 6.14. The summed E-state index contributed by atoms with van der Waals surface area (Å²) in [7, 11) is 0. The molecule has 0 bridgehead atoms. The maximum absolute atomic E-state index is 10.8. The third kappa shape index (κ3) is 2.96. The molecule has 0 aliphatic carbocycles. The van der Waals surface area contributed by atoms with E-state index in [1.165, 1.54) is 18.7 Å². The van der Waals surface area contributed by atoms with Crippen molar-refractivity contribution in [2.75, 3.05) is 5.75 Å². The second-order valence-corrected chi connectivity index (χ2v) is 4.48. The number of nitriles is 1. The van der Waals surface area contributed by atoms with E-state index in [1.54, 1.807) is 24.3 Å². The van der Waals surface area contributed by atoms with Crippen LogP contribution in [0.3, 0.4) is 0 Å². The summed E-state index contributed by atoms with van der Waals surface area (Å²) in [6, 6.07) is 8.88. The van der Waals surface area contributed by atoms with Gasteiger partial charge in [-0.15, -0.1) is 10.2 Å². The molecular formula is C12H9N3O2S. The summed E-state index contributed by atoms with van der Waals surface area (Å²) >= 11 is 1.21. The van der Waals surface area contributed by atoms with Crippen LogP contribution in [-0.4, -0.2) is 21.7 Å². The molecule has 6 heteroatoms. The molecule has 18 heavy (non-hydrogen) atoms. The van der Waals surface area contributed by atoms with Gasteiger partial charge in [0.05, 0.1) is 17.4 Å². The van der Waals surface area contributed by atoms with Crippen LogP contribution in [-0.2, 0) is 4.79 Å². The average molecular weight is 259 g/mol. The van der Waals surface area contributed by atoms with Crippen molar-refractivity contribution in [3.8, 4) is 17.5 Å². The van der Waals surface area contributed by atoms with Crippen LogP contribution in [0.25, 0.3) is 11.5 Å². The second kappa shape index (κ2) is 5.47. The minimum Gasteiger partial charge on any atom is -0.411 e. The quantitative estimate of drug-likeness (QED) is 0.784. The third-order valence-electron chi connectivity index (χ3n) is 2.07. The normalized spacial score (nSPS) is 10.0. The van der Waals surface area contributed by atoms with E-state index in [1.807, 2.05) is 6.07 Å². The molecule has 0 spiro atoms. The molecule has 1 aromatic carbocycles. The van der Waals surface area contributed by atoms with Gasteiger partial charge in [-0.2, -0.15) is 5.26 Å². The third-order valence-corrected chi connectivity index (χ3v) is 3.03. The molecule has 5 nitrogen and oxygen atoms in total. The minimum atomic E-state index is 0.0538. The predicted molar refractivity (Wildman–Crippen MR) is 65.9 cm³/mol. The van der Waals surface area contributed by atoms with Crippen LogP contribution in [0.1, 0.15) is 12.5 Å². The zero-order chi connectivity index (χ0) is 13.0. The molecule has 2 aromatic rings. The first-order valence-electron chi connectivity index (χ1n) is 5.15. The fraction of sp³-hybridized carbons (Fsp3) is 0.167. The highest BCUT2D eigenvalue weighted by molar-refractivity contribution is 7.99. The highest BCUT2D eigenvalue weighted by Gasteiger charge is 2.09. The van der Waals surface area contributed by atoms with E-state index < -0.39 is 0 Å². The number of rotatable bonds is 4. The highest BCUT2D eigenvalue weighted by Crippen LogP contribution is 2.23. The van der Waals surface area contributed by atoms with Gasteiger partial charge >= 0.3 is 0 Å². The van der Waals surface area contributed by atoms with Crippen LogP contribution in [0.4, 0.5) is 0 Å². The van der Waals surface area contributed by atoms with Gasteiger partial charge in [0.15, 0.2) is 0 Å². The molecule has 0 N–H and O–H groups in total. The minimum absolute atomic E-state index is 0.0538. The summed E-state index contributed by atoms with van der Waals surface area (Å²) in [5, 5.41) is 16.8. The van der Waals surface area contributed by atoms with Crippen LogP contribution in [0.2, 0.25) is 0 Å². The van der Waals surface area contributed by atoms with Crippen LogP contribution in [0.15, 0.2) is 33.9 Å². The van der Waals surface area contributed by atoms with Gasteiger partial charge in [-0.1, -0.05) is 11.8 Å². The molecule has 1 aromatic heterocycles. The Kier molecular flexibility index (Phi) is 3.75. The van der Waals surface area contributed by atoms with Gasteiger partial charge in [-0.25, -0.2) is 0 Å².